The number of nitrogens with two attached hydrogens (primary N) is 1. The van der Waals surface area contributed by atoms with Gasteiger partial charge in [0.15, 0.2) is 0 Å². The van der Waals surface area contributed by atoms with Gasteiger partial charge in [0.25, 0.3) is 0 Å². The highest BCUT2D eigenvalue weighted by molar-refractivity contribution is 5.32. The van der Waals surface area contributed by atoms with E-state index in [1.807, 2.05) is 0 Å². The predicted octanol–water partition coefficient (Wildman–Crippen LogP) is 1.24. The molecule has 0 spiro atoms. The fourth-order valence-corrected chi connectivity index (χ4v) is 3.11. The van der Waals surface area contributed by atoms with Crippen molar-refractivity contribution in [2.75, 3.05) is 20.6 Å². The van der Waals surface area contributed by atoms with Gasteiger partial charge in [0.05, 0.1) is 5.69 Å². The van der Waals surface area contributed by atoms with Crippen LogP contribution in [-0.2, 0) is 13.5 Å². The van der Waals surface area contributed by atoms with Crippen molar-refractivity contribution in [2.24, 2.45) is 18.7 Å². The third kappa shape index (κ3) is 2.24. The SMILES string of the molecule is Cc1nn(C)c2c1C(N(C)C)CC(CCN)C2. The maximum atomic E-state index is 5.71. The predicted molar refractivity (Wildman–Crippen MR) is 69.9 cm³/mol. The number of fused-ring (bicyclic) bond motifs is 1. The molecule has 1 aliphatic carbocycles. The zero-order valence-electron chi connectivity index (χ0n) is 11.4. The van der Waals surface area contributed by atoms with Gasteiger partial charge in [-0.1, -0.05) is 0 Å². The molecule has 2 unspecified atom stereocenters. The number of hydrogen-bond acceptors (Lipinski definition) is 3. The first kappa shape index (κ1) is 12.6. The standard InChI is InChI=1S/C13H24N4/c1-9-13-11(16(2)3)7-10(5-6-14)8-12(13)17(4)15-9/h10-11H,5-8,14H2,1-4H3. The molecule has 2 atom stereocenters. The van der Waals surface area contributed by atoms with E-state index in [9.17, 15) is 0 Å². The summed E-state index contributed by atoms with van der Waals surface area (Å²) in [5, 5.41) is 4.58. The monoisotopic (exact) mass is 236 g/mol. The summed E-state index contributed by atoms with van der Waals surface area (Å²) in [5.74, 6) is 0.703. The summed E-state index contributed by atoms with van der Waals surface area (Å²) in [6, 6.07) is 0.504. The van der Waals surface area contributed by atoms with Gasteiger partial charge in [0.2, 0.25) is 0 Å². The van der Waals surface area contributed by atoms with Gasteiger partial charge < -0.3 is 10.6 Å². The van der Waals surface area contributed by atoms with Gasteiger partial charge >= 0.3 is 0 Å². The number of aryl methyl sites for hydroxylation is 2. The van der Waals surface area contributed by atoms with Gasteiger partial charge in [-0.3, -0.25) is 4.68 Å². The molecule has 0 fully saturated rings. The third-order valence-electron chi connectivity index (χ3n) is 3.96. The molecular formula is C13H24N4. The summed E-state index contributed by atoms with van der Waals surface area (Å²) in [7, 11) is 6.38. The fourth-order valence-electron chi connectivity index (χ4n) is 3.11. The average Bonchev–Trinajstić information content (AvgIpc) is 2.54. The van der Waals surface area contributed by atoms with E-state index in [0.29, 0.717) is 12.0 Å². The van der Waals surface area contributed by atoms with Crippen LogP contribution in [0.15, 0.2) is 0 Å². The van der Waals surface area contributed by atoms with Crippen LogP contribution in [0.2, 0.25) is 0 Å². The van der Waals surface area contributed by atoms with Gasteiger partial charge in [-0.2, -0.15) is 5.10 Å². The molecule has 1 aromatic heterocycles. The van der Waals surface area contributed by atoms with Crippen molar-refractivity contribution in [3.8, 4) is 0 Å². The molecule has 0 aliphatic heterocycles. The number of rotatable bonds is 3. The Kier molecular flexibility index (Phi) is 3.54. The van der Waals surface area contributed by atoms with Crippen LogP contribution in [0.25, 0.3) is 0 Å². The van der Waals surface area contributed by atoms with Crippen LogP contribution in [0.4, 0.5) is 0 Å². The van der Waals surface area contributed by atoms with E-state index in [0.717, 1.165) is 19.4 Å². The van der Waals surface area contributed by atoms with Crippen LogP contribution in [0.5, 0.6) is 0 Å². The van der Waals surface area contributed by atoms with E-state index in [2.05, 4.69) is 42.7 Å². The number of hydrogen-bond donors (Lipinski definition) is 1. The Morgan fingerprint density at radius 3 is 2.76 bits per heavy atom. The van der Waals surface area contributed by atoms with E-state index in [1.54, 1.807) is 0 Å². The molecule has 4 nitrogen and oxygen atoms in total. The first-order valence-electron chi connectivity index (χ1n) is 6.43. The molecule has 0 saturated carbocycles. The summed E-state index contributed by atoms with van der Waals surface area (Å²) >= 11 is 0. The molecule has 96 valence electrons. The third-order valence-corrected chi connectivity index (χ3v) is 3.96. The highest BCUT2D eigenvalue weighted by Crippen LogP contribution is 2.38. The minimum Gasteiger partial charge on any atom is -0.330 e. The van der Waals surface area contributed by atoms with Gasteiger partial charge in [-0.25, -0.2) is 0 Å². The molecule has 0 amide bonds. The highest BCUT2D eigenvalue weighted by atomic mass is 15.3. The van der Waals surface area contributed by atoms with Gasteiger partial charge in [-0.15, -0.1) is 0 Å². The molecular weight excluding hydrogens is 212 g/mol. The van der Waals surface area contributed by atoms with Crippen LogP contribution in [-0.4, -0.2) is 35.3 Å². The number of nitrogens with zero attached hydrogens (tertiary/aromatic N) is 3. The summed E-state index contributed by atoms with van der Waals surface area (Å²) in [6.07, 6.45) is 3.46. The van der Waals surface area contributed by atoms with Crippen molar-refractivity contribution in [1.82, 2.24) is 14.7 Å². The van der Waals surface area contributed by atoms with Gasteiger partial charge in [-0.05, 0) is 52.7 Å². The van der Waals surface area contributed by atoms with Gasteiger partial charge in [0.1, 0.15) is 0 Å². The molecule has 0 radical (unpaired) electrons. The average molecular weight is 236 g/mol. The summed E-state index contributed by atoms with van der Waals surface area (Å²) < 4.78 is 2.06. The minimum absolute atomic E-state index is 0.504. The van der Waals surface area contributed by atoms with Crippen molar-refractivity contribution in [3.63, 3.8) is 0 Å². The Morgan fingerprint density at radius 1 is 1.47 bits per heavy atom. The Balaban J connectivity index is 2.36. The molecule has 2 N–H and O–H groups in total. The molecule has 4 heteroatoms. The summed E-state index contributed by atoms with van der Waals surface area (Å²) in [5.41, 5.74) is 9.75. The Hall–Kier alpha value is -0.870. The van der Waals surface area contributed by atoms with E-state index in [1.165, 1.54) is 23.4 Å². The van der Waals surface area contributed by atoms with E-state index in [-0.39, 0.29) is 0 Å². The summed E-state index contributed by atoms with van der Waals surface area (Å²) in [4.78, 5) is 2.32. The van der Waals surface area contributed by atoms with E-state index in [4.69, 9.17) is 5.73 Å². The highest BCUT2D eigenvalue weighted by Gasteiger charge is 2.32. The van der Waals surface area contributed by atoms with Crippen LogP contribution in [0.1, 0.15) is 35.8 Å². The molecule has 0 aromatic carbocycles. The topological polar surface area (TPSA) is 47.1 Å². The lowest BCUT2D eigenvalue weighted by Crippen LogP contribution is -2.30. The minimum atomic E-state index is 0.504. The normalized spacial score (nSPS) is 24.1. The maximum absolute atomic E-state index is 5.71. The molecule has 2 rings (SSSR count). The van der Waals surface area contributed by atoms with Crippen molar-refractivity contribution in [1.29, 1.82) is 0 Å². The fraction of sp³-hybridized carbons (Fsp3) is 0.769. The van der Waals surface area contributed by atoms with Crippen LogP contribution in [0, 0.1) is 12.8 Å². The van der Waals surface area contributed by atoms with Crippen LogP contribution < -0.4 is 5.73 Å². The second kappa shape index (κ2) is 4.78. The quantitative estimate of drug-likeness (QED) is 0.859. The summed E-state index contributed by atoms with van der Waals surface area (Å²) in [6.45, 7) is 2.91. The largest absolute Gasteiger partial charge is 0.330 e. The first-order valence-corrected chi connectivity index (χ1v) is 6.43. The van der Waals surface area contributed by atoms with Crippen molar-refractivity contribution in [3.05, 3.63) is 17.0 Å². The first-order chi connectivity index (χ1) is 8.04. The Morgan fingerprint density at radius 2 is 2.18 bits per heavy atom. The van der Waals surface area contributed by atoms with Crippen molar-refractivity contribution < 1.29 is 0 Å². The lowest BCUT2D eigenvalue weighted by atomic mass is 9.81. The van der Waals surface area contributed by atoms with Gasteiger partial charge in [0, 0.05) is 24.3 Å². The molecule has 17 heavy (non-hydrogen) atoms. The molecule has 1 heterocycles. The van der Waals surface area contributed by atoms with Crippen molar-refractivity contribution >= 4 is 0 Å². The second-order valence-electron chi connectivity index (χ2n) is 5.43. The molecule has 0 bridgehead atoms. The lowest BCUT2D eigenvalue weighted by Gasteiger charge is -2.34. The molecule has 0 saturated heterocycles. The van der Waals surface area contributed by atoms with Crippen LogP contribution in [0.3, 0.4) is 0 Å². The maximum Gasteiger partial charge on any atom is 0.0644 e. The second-order valence-corrected chi connectivity index (χ2v) is 5.43. The number of aromatic nitrogens is 2. The zero-order valence-corrected chi connectivity index (χ0v) is 11.4. The Labute approximate surface area is 104 Å². The Bertz CT molecular complexity index is 394. The van der Waals surface area contributed by atoms with Crippen molar-refractivity contribution in [2.45, 2.75) is 32.2 Å². The zero-order chi connectivity index (χ0) is 12.6. The van der Waals surface area contributed by atoms with E-state index < -0.39 is 0 Å². The lowest BCUT2D eigenvalue weighted by molar-refractivity contribution is 0.223. The van der Waals surface area contributed by atoms with Crippen LogP contribution >= 0.6 is 0 Å². The molecule has 1 aromatic rings. The molecule has 1 aliphatic rings. The van der Waals surface area contributed by atoms with E-state index >= 15 is 0 Å². The smallest absolute Gasteiger partial charge is 0.0644 e.